The summed E-state index contributed by atoms with van der Waals surface area (Å²) in [5, 5.41) is 2.99. The molecule has 0 atom stereocenters. The van der Waals surface area contributed by atoms with Crippen LogP contribution in [-0.2, 0) is 9.47 Å². The molecule has 0 aromatic heterocycles. The Kier molecular flexibility index (Phi) is 8.71. The molecule has 0 aliphatic carbocycles. The fraction of sp³-hybridized carbons (Fsp3) is 0.556. The van der Waals surface area contributed by atoms with E-state index in [4.69, 9.17) is 19.9 Å². The van der Waals surface area contributed by atoms with Gasteiger partial charge in [-0.05, 0) is 45.0 Å². The van der Waals surface area contributed by atoms with Gasteiger partial charge >= 0.3 is 6.09 Å². The second kappa shape index (κ2) is 10.5. The molecule has 0 spiro atoms. The van der Waals surface area contributed by atoms with Crippen molar-refractivity contribution in [3.8, 4) is 5.75 Å². The zero-order valence-corrected chi connectivity index (χ0v) is 16.2. The van der Waals surface area contributed by atoms with E-state index in [-0.39, 0.29) is 5.96 Å². The highest BCUT2D eigenvalue weighted by molar-refractivity contribution is 5.92. The summed E-state index contributed by atoms with van der Waals surface area (Å²) in [7, 11) is 3.19. The minimum atomic E-state index is -0.555. The molecule has 1 aromatic rings. The highest BCUT2D eigenvalue weighted by Crippen LogP contribution is 2.14. The van der Waals surface area contributed by atoms with Gasteiger partial charge in [-0.1, -0.05) is 0 Å². The third kappa shape index (κ3) is 8.57. The Morgan fingerprint density at radius 3 is 2.38 bits per heavy atom. The van der Waals surface area contributed by atoms with Crippen molar-refractivity contribution < 1.29 is 19.0 Å². The Hall–Kier alpha value is -2.48. The number of amides is 1. The van der Waals surface area contributed by atoms with Crippen LogP contribution in [0, 0.1) is 0 Å². The quantitative estimate of drug-likeness (QED) is 0.541. The average Bonchev–Trinajstić information content (AvgIpc) is 2.57. The van der Waals surface area contributed by atoms with Crippen LogP contribution in [-0.4, -0.2) is 63.0 Å². The van der Waals surface area contributed by atoms with E-state index in [2.05, 4.69) is 10.3 Å². The van der Waals surface area contributed by atoms with Gasteiger partial charge in [-0.25, -0.2) is 4.79 Å². The van der Waals surface area contributed by atoms with Gasteiger partial charge in [0.15, 0.2) is 5.96 Å². The summed E-state index contributed by atoms with van der Waals surface area (Å²) in [6, 6.07) is 7.33. The molecule has 0 saturated carbocycles. The number of methoxy groups -OCH3 is 2. The van der Waals surface area contributed by atoms with Gasteiger partial charge < -0.3 is 30.2 Å². The van der Waals surface area contributed by atoms with E-state index in [1.54, 1.807) is 19.1 Å². The number of ether oxygens (including phenoxy) is 3. The maximum atomic E-state index is 12.2. The lowest BCUT2D eigenvalue weighted by atomic mass is 10.2. The topological polar surface area (TPSA) is 98.4 Å². The zero-order chi connectivity index (χ0) is 19.6. The summed E-state index contributed by atoms with van der Waals surface area (Å²) >= 11 is 0. The van der Waals surface area contributed by atoms with E-state index < -0.39 is 11.7 Å². The van der Waals surface area contributed by atoms with Crippen molar-refractivity contribution in [3.63, 3.8) is 0 Å². The molecule has 0 radical (unpaired) electrons. The van der Waals surface area contributed by atoms with Gasteiger partial charge in [0.2, 0.25) is 0 Å². The maximum absolute atomic E-state index is 12.2. The minimum absolute atomic E-state index is 0.269. The molecular weight excluding hydrogens is 336 g/mol. The van der Waals surface area contributed by atoms with Crippen LogP contribution in [0.3, 0.4) is 0 Å². The summed E-state index contributed by atoms with van der Waals surface area (Å²) in [5.74, 6) is 1.03. The predicted octanol–water partition coefficient (Wildman–Crippen LogP) is 2.31. The minimum Gasteiger partial charge on any atom is -0.497 e. The Balaban J connectivity index is 2.57. The molecule has 0 heterocycles. The van der Waals surface area contributed by atoms with E-state index in [1.165, 1.54) is 0 Å². The molecule has 0 unspecified atom stereocenters. The SMILES string of the molecule is COCCN(CCN=C(N)Nc1ccc(OC)cc1)C(=O)OC(C)(C)C. The first kappa shape index (κ1) is 21.6. The van der Waals surface area contributed by atoms with Gasteiger partial charge in [-0.2, -0.15) is 0 Å². The molecule has 0 saturated heterocycles. The van der Waals surface area contributed by atoms with E-state index in [0.29, 0.717) is 26.2 Å². The Morgan fingerprint density at radius 2 is 1.85 bits per heavy atom. The molecule has 0 aliphatic rings. The number of nitrogens with two attached hydrogens (primary N) is 1. The molecule has 0 aliphatic heterocycles. The third-order valence-corrected chi connectivity index (χ3v) is 3.23. The van der Waals surface area contributed by atoms with Crippen LogP contribution in [0.25, 0.3) is 0 Å². The summed E-state index contributed by atoms with van der Waals surface area (Å²) in [6.45, 7) is 7.05. The summed E-state index contributed by atoms with van der Waals surface area (Å²) in [6.07, 6.45) is -0.397. The molecule has 0 fully saturated rings. The molecule has 3 N–H and O–H groups in total. The first-order valence-corrected chi connectivity index (χ1v) is 8.43. The van der Waals surface area contributed by atoms with Gasteiger partial charge in [0.1, 0.15) is 11.4 Å². The highest BCUT2D eigenvalue weighted by Gasteiger charge is 2.21. The number of nitrogens with one attached hydrogen (secondary N) is 1. The van der Waals surface area contributed by atoms with Crippen molar-refractivity contribution in [3.05, 3.63) is 24.3 Å². The number of benzene rings is 1. The van der Waals surface area contributed by atoms with Gasteiger partial charge in [0.05, 0.1) is 20.3 Å². The fourth-order valence-corrected chi connectivity index (χ4v) is 1.98. The molecule has 8 heteroatoms. The number of carbonyl (C=O) groups excluding carboxylic acids is 1. The van der Waals surface area contributed by atoms with Crippen LogP contribution in [0.2, 0.25) is 0 Å². The van der Waals surface area contributed by atoms with Crippen molar-refractivity contribution in [2.24, 2.45) is 10.7 Å². The molecular formula is C18H30N4O4. The zero-order valence-electron chi connectivity index (χ0n) is 16.2. The van der Waals surface area contributed by atoms with Crippen LogP contribution in [0.4, 0.5) is 10.5 Å². The molecule has 8 nitrogen and oxygen atoms in total. The summed E-state index contributed by atoms with van der Waals surface area (Å²) in [5.41, 5.74) is 6.14. The average molecular weight is 366 g/mol. The van der Waals surface area contributed by atoms with Crippen LogP contribution in [0.1, 0.15) is 20.8 Å². The van der Waals surface area contributed by atoms with E-state index in [1.807, 2.05) is 45.0 Å². The summed E-state index contributed by atoms with van der Waals surface area (Å²) in [4.78, 5) is 18.0. The first-order chi connectivity index (χ1) is 12.2. The van der Waals surface area contributed by atoms with Gasteiger partial charge in [0, 0.05) is 25.9 Å². The first-order valence-electron chi connectivity index (χ1n) is 8.43. The Morgan fingerprint density at radius 1 is 1.19 bits per heavy atom. The van der Waals surface area contributed by atoms with Gasteiger partial charge in [0.25, 0.3) is 0 Å². The number of hydrogen-bond acceptors (Lipinski definition) is 5. The summed E-state index contributed by atoms with van der Waals surface area (Å²) < 4.78 is 15.5. The number of aliphatic imine (C=N–C) groups is 1. The number of nitrogens with zero attached hydrogens (tertiary/aromatic N) is 2. The molecule has 0 bridgehead atoms. The van der Waals surface area contributed by atoms with Gasteiger partial charge in [-0.3, -0.25) is 4.99 Å². The van der Waals surface area contributed by atoms with Crippen molar-refractivity contribution in [1.29, 1.82) is 0 Å². The number of anilines is 1. The third-order valence-electron chi connectivity index (χ3n) is 3.23. The van der Waals surface area contributed by atoms with Crippen molar-refractivity contribution >= 4 is 17.7 Å². The number of carbonyl (C=O) groups is 1. The smallest absolute Gasteiger partial charge is 0.410 e. The van der Waals surface area contributed by atoms with E-state index >= 15 is 0 Å². The standard InChI is InChI=1S/C18H30N4O4/c1-18(2,3)26-17(23)22(12-13-24-4)11-10-20-16(19)21-14-6-8-15(25-5)9-7-14/h6-9H,10-13H2,1-5H3,(H3,19,20,21). The number of guanidine groups is 1. The van der Waals surface area contributed by atoms with Crippen molar-refractivity contribution in [1.82, 2.24) is 4.90 Å². The highest BCUT2D eigenvalue weighted by atomic mass is 16.6. The second-order valence-corrected chi connectivity index (χ2v) is 6.58. The Labute approximate surface area is 155 Å². The number of hydrogen-bond donors (Lipinski definition) is 2. The molecule has 26 heavy (non-hydrogen) atoms. The largest absolute Gasteiger partial charge is 0.497 e. The van der Waals surface area contributed by atoms with Crippen LogP contribution < -0.4 is 15.8 Å². The monoisotopic (exact) mass is 366 g/mol. The lowest BCUT2D eigenvalue weighted by Gasteiger charge is -2.26. The van der Waals surface area contributed by atoms with Crippen molar-refractivity contribution in [2.45, 2.75) is 26.4 Å². The van der Waals surface area contributed by atoms with Crippen LogP contribution in [0.15, 0.2) is 29.3 Å². The lowest BCUT2D eigenvalue weighted by molar-refractivity contribution is 0.0208. The van der Waals surface area contributed by atoms with Crippen LogP contribution in [0.5, 0.6) is 5.75 Å². The van der Waals surface area contributed by atoms with Crippen LogP contribution >= 0.6 is 0 Å². The van der Waals surface area contributed by atoms with E-state index in [0.717, 1.165) is 11.4 Å². The lowest BCUT2D eigenvalue weighted by Crippen LogP contribution is -2.40. The fourth-order valence-electron chi connectivity index (χ4n) is 1.98. The normalized spacial score (nSPS) is 11.8. The maximum Gasteiger partial charge on any atom is 0.410 e. The predicted molar refractivity (Wildman–Crippen MR) is 103 cm³/mol. The Bertz CT molecular complexity index is 582. The molecule has 1 amide bonds. The van der Waals surface area contributed by atoms with Gasteiger partial charge in [-0.15, -0.1) is 0 Å². The second-order valence-electron chi connectivity index (χ2n) is 6.58. The van der Waals surface area contributed by atoms with Crippen molar-refractivity contribution in [2.75, 3.05) is 45.8 Å². The molecule has 1 rings (SSSR count). The van der Waals surface area contributed by atoms with E-state index in [9.17, 15) is 4.79 Å². The molecule has 1 aromatic carbocycles. The number of rotatable bonds is 8. The molecule has 146 valence electrons.